The smallest absolute Gasteiger partial charge is 0.239 e. The van der Waals surface area contributed by atoms with Gasteiger partial charge in [-0.2, -0.15) is 0 Å². The maximum Gasteiger partial charge on any atom is 0.239 e. The molecule has 2 heterocycles. The second-order valence-corrected chi connectivity index (χ2v) is 9.17. The Kier molecular flexibility index (Phi) is 7.33. The number of anilines is 1. The standard InChI is InChI=1S/C20H25N5O3S2/c1-12(2)11-25-17(14-6-7-15(27-4)16(10-14)28-5)23-24-20(25)30-13(3)18(26)22-19-21-8-9-29-19/h6-10,12-13H,11H2,1-5H3,(H,21,22,26). The molecule has 1 aromatic carbocycles. The molecule has 0 radical (unpaired) electrons. The monoisotopic (exact) mass is 447 g/mol. The van der Waals surface area contributed by atoms with Gasteiger partial charge in [-0.05, 0) is 31.0 Å². The van der Waals surface area contributed by atoms with E-state index < -0.39 is 0 Å². The summed E-state index contributed by atoms with van der Waals surface area (Å²) in [4.78, 5) is 16.6. The third-order valence-electron chi connectivity index (χ3n) is 4.22. The topological polar surface area (TPSA) is 91.2 Å². The number of carbonyl (C=O) groups excluding carboxylic acids is 1. The molecule has 1 unspecified atom stereocenters. The number of rotatable bonds is 9. The second kappa shape index (κ2) is 9.94. The summed E-state index contributed by atoms with van der Waals surface area (Å²) in [5.74, 6) is 2.25. The first-order valence-corrected chi connectivity index (χ1v) is 11.2. The van der Waals surface area contributed by atoms with Gasteiger partial charge in [0.1, 0.15) is 0 Å². The fourth-order valence-corrected chi connectivity index (χ4v) is 4.19. The molecule has 1 N–H and O–H groups in total. The van der Waals surface area contributed by atoms with Crippen LogP contribution in [0.3, 0.4) is 0 Å². The van der Waals surface area contributed by atoms with Gasteiger partial charge in [0.15, 0.2) is 27.6 Å². The quantitative estimate of drug-likeness (QED) is 0.492. The predicted molar refractivity (Wildman–Crippen MR) is 119 cm³/mol. The number of carbonyl (C=O) groups is 1. The van der Waals surface area contributed by atoms with E-state index in [1.807, 2.05) is 35.1 Å². The molecule has 3 rings (SSSR count). The molecule has 160 valence electrons. The van der Waals surface area contributed by atoms with E-state index in [0.717, 1.165) is 17.9 Å². The van der Waals surface area contributed by atoms with E-state index in [1.54, 1.807) is 20.4 Å². The maximum atomic E-state index is 12.5. The molecule has 0 aliphatic carbocycles. The van der Waals surface area contributed by atoms with Crippen molar-refractivity contribution in [1.82, 2.24) is 19.7 Å². The van der Waals surface area contributed by atoms with Gasteiger partial charge in [-0.3, -0.25) is 4.79 Å². The number of nitrogens with zero attached hydrogens (tertiary/aromatic N) is 4. The lowest BCUT2D eigenvalue weighted by molar-refractivity contribution is -0.115. The fourth-order valence-electron chi connectivity index (χ4n) is 2.80. The van der Waals surface area contributed by atoms with E-state index in [2.05, 4.69) is 34.3 Å². The van der Waals surface area contributed by atoms with Gasteiger partial charge in [0, 0.05) is 23.7 Å². The molecule has 0 spiro atoms. The zero-order valence-corrected chi connectivity index (χ0v) is 19.2. The highest BCUT2D eigenvalue weighted by Gasteiger charge is 2.22. The molecule has 0 saturated carbocycles. The van der Waals surface area contributed by atoms with Crippen LogP contribution >= 0.6 is 23.1 Å². The molecule has 1 atom stereocenters. The van der Waals surface area contributed by atoms with Crippen molar-refractivity contribution in [3.63, 3.8) is 0 Å². The van der Waals surface area contributed by atoms with Crippen LogP contribution in [-0.4, -0.2) is 45.1 Å². The lowest BCUT2D eigenvalue weighted by atomic mass is 10.1. The molecule has 3 aromatic rings. The minimum atomic E-state index is -0.359. The SMILES string of the molecule is COc1ccc(-c2nnc(SC(C)C(=O)Nc3nccs3)n2CC(C)C)cc1OC. The number of ether oxygens (including phenoxy) is 2. The van der Waals surface area contributed by atoms with Crippen LogP contribution in [0.15, 0.2) is 34.9 Å². The highest BCUT2D eigenvalue weighted by Crippen LogP contribution is 2.34. The zero-order chi connectivity index (χ0) is 21.7. The van der Waals surface area contributed by atoms with Gasteiger partial charge < -0.3 is 19.4 Å². The molecule has 0 fully saturated rings. The Morgan fingerprint density at radius 3 is 2.60 bits per heavy atom. The Labute approximate surface area is 184 Å². The molecular weight excluding hydrogens is 422 g/mol. The van der Waals surface area contributed by atoms with E-state index >= 15 is 0 Å². The van der Waals surface area contributed by atoms with Crippen LogP contribution < -0.4 is 14.8 Å². The first-order chi connectivity index (χ1) is 14.4. The van der Waals surface area contributed by atoms with E-state index in [0.29, 0.717) is 27.7 Å². The molecule has 1 amide bonds. The van der Waals surface area contributed by atoms with Gasteiger partial charge in [-0.1, -0.05) is 25.6 Å². The summed E-state index contributed by atoms with van der Waals surface area (Å²) in [5, 5.41) is 14.4. The number of hydrogen-bond donors (Lipinski definition) is 1. The van der Waals surface area contributed by atoms with Crippen LogP contribution in [0.25, 0.3) is 11.4 Å². The number of thioether (sulfide) groups is 1. The summed E-state index contributed by atoms with van der Waals surface area (Å²) in [6.07, 6.45) is 1.66. The number of benzene rings is 1. The van der Waals surface area contributed by atoms with Gasteiger partial charge >= 0.3 is 0 Å². The third-order valence-corrected chi connectivity index (χ3v) is 5.99. The van der Waals surface area contributed by atoms with Crippen molar-refractivity contribution in [2.75, 3.05) is 19.5 Å². The number of nitrogens with one attached hydrogen (secondary N) is 1. The number of aromatic nitrogens is 4. The van der Waals surface area contributed by atoms with Crippen molar-refractivity contribution in [2.24, 2.45) is 5.92 Å². The summed E-state index contributed by atoms with van der Waals surface area (Å²) in [7, 11) is 3.20. The Bertz CT molecular complexity index is 989. The van der Waals surface area contributed by atoms with Crippen molar-refractivity contribution in [3.8, 4) is 22.9 Å². The molecule has 0 saturated heterocycles. The van der Waals surface area contributed by atoms with Gasteiger partial charge in [-0.15, -0.1) is 21.5 Å². The Balaban J connectivity index is 1.87. The zero-order valence-electron chi connectivity index (χ0n) is 17.6. The lowest BCUT2D eigenvalue weighted by Crippen LogP contribution is -2.23. The number of thiazole rings is 1. The second-order valence-electron chi connectivity index (χ2n) is 6.97. The maximum absolute atomic E-state index is 12.5. The Morgan fingerprint density at radius 2 is 1.97 bits per heavy atom. The van der Waals surface area contributed by atoms with Crippen LogP contribution in [0.5, 0.6) is 11.5 Å². The number of methoxy groups -OCH3 is 2. The normalized spacial score (nSPS) is 12.1. The minimum Gasteiger partial charge on any atom is -0.493 e. The highest BCUT2D eigenvalue weighted by atomic mass is 32.2. The van der Waals surface area contributed by atoms with Gasteiger partial charge in [0.25, 0.3) is 0 Å². The molecule has 0 aliphatic rings. The summed E-state index contributed by atoms with van der Waals surface area (Å²) in [5.41, 5.74) is 0.868. The Hall–Kier alpha value is -2.59. The fraction of sp³-hybridized carbons (Fsp3) is 0.400. The van der Waals surface area contributed by atoms with Crippen LogP contribution in [0.1, 0.15) is 20.8 Å². The Morgan fingerprint density at radius 1 is 1.20 bits per heavy atom. The molecular formula is C20H25N5O3S2. The highest BCUT2D eigenvalue weighted by molar-refractivity contribution is 8.00. The van der Waals surface area contributed by atoms with E-state index in [9.17, 15) is 4.79 Å². The van der Waals surface area contributed by atoms with Crippen molar-refractivity contribution in [3.05, 3.63) is 29.8 Å². The summed E-state index contributed by atoms with van der Waals surface area (Å²) >= 11 is 2.76. The molecule has 0 aliphatic heterocycles. The van der Waals surface area contributed by atoms with Crippen LogP contribution in [0.2, 0.25) is 0 Å². The number of hydrogen-bond acceptors (Lipinski definition) is 8. The van der Waals surface area contributed by atoms with Gasteiger partial charge in [-0.25, -0.2) is 4.98 Å². The summed E-state index contributed by atoms with van der Waals surface area (Å²) in [6.45, 7) is 6.83. The molecule has 8 nitrogen and oxygen atoms in total. The predicted octanol–water partition coefficient (Wildman–Crippen LogP) is 4.19. The third kappa shape index (κ3) is 5.11. The average Bonchev–Trinajstić information content (AvgIpc) is 3.37. The summed E-state index contributed by atoms with van der Waals surface area (Å²) < 4.78 is 12.8. The van der Waals surface area contributed by atoms with Crippen molar-refractivity contribution in [1.29, 1.82) is 0 Å². The van der Waals surface area contributed by atoms with E-state index in [-0.39, 0.29) is 11.2 Å². The van der Waals surface area contributed by atoms with Crippen LogP contribution in [0.4, 0.5) is 5.13 Å². The first-order valence-electron chi connectivity index (χ1n) is 9.45. The van der Waals surface area contributed by atoms with E-state index in [4.69, 9.17) is 9.47 Å². The molecule has 0 bridgehead atoms. The van der Waals surface area contributed by atoms with E-state index in [1.165, 1.54) is 23.1 Å². The molecule has 10 heteroatoms. The first kappa shape index (κ1) is 22.1. The number of amides is 1. The lowest BCUT2D eigenvalue weighted by Gasteiger charge is -2.15. The largest absolute Gasteiger partial charge is 0.493 e. The molecule has 30 heavy (non-hydrogen) atoms. The van der Waals surface area contributed by atoms with Crippen LogP contribution in [-0.2, 0) is 11.3 Å². The molecule has 2 aromatic heterocycles. The van der Waals surface area contributed by atoms with Crippen molar-refractivity contribution < 1.29 is 14.3 Å². The van der Waals surface area contributed by atoms with Crippen molar-refractivity contribution >= 4 is 34.1 Å². The van der Waals surface area contributed by atoms with Gasteiger partial charge in [0.05, 0.1) is 19.5 Å². The summed E-state index contributed by atoms with van der Waals surface area (Å²) in [6, 6.07) is 5.65. The van der Waals surface area contributed by atoms with Crippen LogP contribution in [0, 0.1) is 5.92 Å². The van der Waals surface area contributed by atoms with Gasteiger partial charge in [0.2, 0.25) is 5.91 Å². The van der Waals surface area contributed by atoms with Crippen molar-refractivity contribution in [2.45, 2.75) is 37.7 Å². The average molecular weight is 448 g/mol. The minimum absolute atomic E-state index is 0.123.